The minimum Gasteiger partial charge on any atom is -0.503 e. The molecular formula is C28H30N2O7. The normalized spacial score (nSPS) is 10.9. The summed E-state index contributed by atoms with van der Waals surface area (Å²) < 4.78 is 26.6. The number of phenols is 1. The molecule has 1 amide bonds. The highest BCUT2D eigenvalue weighted by molar-refractivity contribution is 6.03. The van der Waals surface area contributed by atoms with Crippen LogP contribution in [0.2, 0.25) is 0 Å². The Labute approximate surface area is 215 Å². The number of anilines is 2. The van der Waals surface area contributed by atoms with Crippen LogP contribution in [0.1, 0.15) is 16.7 Å². The van der Waals surface area contributed by atoms with E-state index in [1.807, 2.05) is 6.08 Å². The van der Waals surface area contributed by atoms with Gasteiger partial charge in [0.25, 0.3) is 0 Å². The smallest absolute Gasteiger partial charge is 0.248 e. The van der Waals surface area contributed by atoms with Gasteiger partial charge in [0.05, 0.1) is 46.9 Å². The average molecular weight is 507 g/mol. The molecule has 3 aromatic carbocycles. The number of hydrogen-bond donors (Lipinski definition) is 3. The minimum absolute atomic E-state index is 0.188. The molecule has 0 saturated carbocycles. The highest BCUT2D eigenvalue weighted by atomic mass is 16.5. The number of nitrogens with one attached hydrogen (secondary N) is 1. The van der Waals surface area contributed by atoms with Gasteiger partial charge < -0.3 is 39.8 Å². The summed E-state index contributed by atoms with van der Waals surface area (Å²) in [6.07, 6.45) is 6.57. The first-order valence-corrected chi connectivity index (χ1v) is 11.1. The second-order valence-corrected chi connectivity index (χ2v) is 7.74. The molecule has 4 N–H and O–H groups in total. The van der Waals surface area contributed by atoms with Crippen molar-refractivity contribution in [2.45, 2.75) is 0 Å². The number of amides is 1. The summed E-state index contributed by atoms with van der Waals surface area (Å²) in [7, 11) is 7.59. The number of nitrogens with two attached hydrogens (primary N) is 1. The monoisotopic (exact) mass is 506 g/mol. The number of phenolic OH excluding ortho intramolecular Hbond substituents is 1. The van der Waals surface area contributed by atoms with Crippen molar-refractivity contribution in [3.05, 3.63) is 65.2 Å². The van der Waals surface area contributed by atoms with Crippen molar-refractivity contribution in [2.24, 2.45) is 0 Å². The summed E-state index contributed by atoms with van der Waals surface area (Å²) in [4.78, 5) is 12.6. The van der Waals surface area contributed by atoms with Crippen LogP contribution in [0.15, 0.2) is 48.5 Å². The second kappa shape index (κ2) is 12.3. The molecule has 194 valence electrons. The van der Waals surface area contributed by atoms with Gasteiger partial charge in [-0.2, -0.15) is 0 Å². The maximum absolute atomic E-state index is 12.6. The van der Waals surface area contributed by atoms with Gasteiger partial charge in [0, 0.05) is 6.08 Å². The molecule has 0 radical (unpaired) electrons. The van der Waals surface area contributed by atoms with Crippen molar-refractivity contribution in [2.75, 3.05) is 46.6 Å². The first-order valence-electron chi connectivity index (χ1n) is 11.1. The molecule has 9 nitrogen and oxygen atoms in total. The zero-order valence-corrected chi connectivity index (χ0v) is 21.3. The van der Waals surface area contributed by atoms with Gasteiger partial charge in [0.1, 0.15) is 5.75 Å². The van der Waals surface area contributed by atoms with E-state index in [-0.39, 0.29) is 17.2 Å². The number of ether oxygens (including phenoxy) is 5. The molecule has 37 heavy (non-hydrogen) atoms. The van der Waals surface area contributed by atoms with Gasteiger partial charge in [0.15, 0.2) is 23.0 Å². The van der Waals surface area contributed by atoms with Gasteiger partial charge in [0.2, 0.25) is 11.7 Å². The molecule has 9 heteroatoms. The highest BCUT2D eigenvalue weighted by Gasteiger charge is 2.14. The summed E-state index contributed by atoms with van der Waals surface area (Å²) in [5.41, 5.74) is 8.74. The molecule has 0 aliphatic rings. The van der Waals surface area contributed by atoms with Crippen LogP contribution in [-0.2, 0) is 4.79 Å². The Morgan fingerprint density at radius 3 is 1.84 bits per heavy atom. The van der Waals surface area contributed by atoms with Crippen molar-refractivity contribution in [1.82, 2.24) is 0 Å². The van der Waals surface area contributed by atoms with Crippen LogP contribution in [0.4, 0.5) is 11.4 Å². The van der Waals surface area contributed by atoms with Crippen LogP contribution in [-0.4, -0.2) is 46.6 Å². The van der Waals surface area contributed by atoms with Crippen molar-refractivity contribution < 1.29 is 33.6 Å². The summed E-state index contributed by atoms with van der Waals surface area (Å²) in [6.45, 7) is 0. The molecule has 0 aromatic heterocycles. The Morgan fingerprint density at radius 2 is 1.30 bits per heavy atom. The standard InChI is InChI=1S/C28H30N2O7/c1-33-22-10-8-17(12-20(22)29)9-11-26(31)30-21-13-18(14-23(34-2)27(21)32)6-7-19-15-24(35-3)28(37-5)25(16-19)36-4/h6-16,32H,29H2,1-5H3,(H,30,31)/b7-6?,11-9+. The fourth-order valence-electron chi connectivity index (χ4n) is 3.57. The number of carbonyl (C=O) groups excluding carboxylic acids is 1. The third-order valence-corrected chi connectivity index (χ3v) is 5.41. The van der Waals surface area contributed by atoms with E-state index in [2.05, 4.69) is 5.32 Å². The van der Waals surface area contributed by atoms with E-state index in [0.717, 1.165) is 11.1 Å². The van der Waals surface area contributed by atoms with E-state index in [1.165, 1.54) is 27.4 Å². The predicted molar refractivity (Wildman–Crippen MR) is 145 cm³/mol. The van der Waals surface area contributed by atoms with Gasteiger partial charge in [-0.05, 0) is 59.2 Å². The topological polar surface area (TPSA) is 122 Å². The van der Waals surface area contributed by atoms with Crippen LogP contribution >= 0.6 is 0 Å². The lowest BCUT2D eigenvalue weighted by Crippen LogP contribution is -2.08. The molecular weight excluding hydrogens is 476 g/mol. The number of carbonyl (C=O) groups is 1. The third kappa shape index (κ3) is 6.46. The fourth-order valence-corrected chi connectivity index (χ4v) is 3.57. The lowest BCUT2D eigenvalue weighted by atomic mass is 10.1. The zero-order valence-electron chi connectivity index (χ0n) is 21.3. The lowest BCUT2D eigenvalue weighted by molar-refractivity contribution is -0.111. The van der Waals surface area contributed by atoms with E-state index >= 15 is 0 Å². The number of methoxy groups -OCH3 is 5. The molecule has 3 rings (SSSR count). The van der Waals surface area contributed by atoms with Gasteiger partial charge in [-0.25, -0.2) is 0 Å². The molecule has 0 unspecified atom stereocenters. The molecule has 0 aliphatic carbocycles. The fraction of sp³-hybridized carbons (Fsp3) is 0.179. The largest absolute Gasteiger partial charge is 0.503 e. The Morgan fingerprint density at radius 1 is 0.730 bits per heavy atom. The Hall–Kier alpha value is -4.79. The Bertz CT molecular complexity index is 1310. The van der Waals surface area contributed by atoms with Crippen LogP contribution < -0.4 is 34.7 Å². The van der Waals surface area contributed by atoms with Crippen LogP contribution in [0.25, 0.3) is 18.2 Å². The second-order valence-electron chi connectivity index (χ2n) is 7.74. The number of hydrogen-bond acceptors (Lipinski definition) is 8. The quantitative estimate of drug-likeness (QED) is 0.155. The first-order chi connectivity index (χ1) is 17.8. The molecule has 0 aliphatic heterocycles. The Kier molecular flexibility index (Phi) is 8.88. The number of rotatable bonds is 10. The minimum atomic E-state index is -0.447. The molecule has 0 atom stereocenters. The van der Waals surface area contributed by atoms with E-state index in [9.17, 15) is 9.90 Å². The van der Waals surface area contributed by atoms with Crippen LogP contribution in [0, 0.1) is 0 Å². The summed E-state index contributed by atoms with van der Waals surface area (Å²) in [6, 6.07) is 12.1. The van der Waals surface area contributed by atoms with Gasteiger partial charge >= 0.3 is 0 Å². The van der Waals surface area contributed by atoms with Crippen molar-refractivity contribution in [1.29, 1.82) is 0 Å². The molecule has 0 saturated heterocycles. The van der Waals surface area contributed by atoms with Crippen molar-refractivity contribution in [3.63, 3.8) is 0 Å². The maximum Gasteiger partial charge on any atom is 0.248 e. The highest BCUT2D eigenvalue weighted by Crippen LogP contribution is 2.39. The first kappa shape index (κ1) is 26.8. The van der Waals surface area contributed by atoms with Crippen molar-refractivity contribution >= 4 is 35.5 Å². The summed E-state index contributed by atoms with van der Waals surface area (Å²) >= 11 is 0. The molecule has 0 bridgehead atoms. The van der Waals surface area contributed by atoms with E-state index < -0.39 is 5.91 Å². The van der Waals surface area contributed by atoms with E-state index in [0.29, 0.717) is 34.2 Å². The molecule has 0 spiro atoms. The number of nitrogen functional groups attached to an aromatic ring is 1. The van der Waals surface area contributed by atoms with Crippen molar-refractivity contribution in [3.8, 4) is 34.5 Å². The zero-order chi connectivity index (χ0) is 26.9. The van der Waals surface area contributed by atoms with Gasteiger partial charge in [-0.15, -0.1) is 0 Å². The Balaban J connectivity index is 1.85. The number of aromatic hydroxyl groups is 1. The van der Waals surface area contributed by atoms with Gasteiger partial charge in [-0.3, -0.25) is 4.79 Å². The third-order valence-electron chi connectivity index (χ3n) is 5.41. The summed E-state index contributed by atoms with van der Waals surface area (Å²) in [5.74, 6) is 1.64. The SMILES string of the molecule is COc1ccc(/C=C/C(=O)Nc2cc(C=Cc3cc(OC)c(OC)c(OC)c3)cc(OC)c2O)cc1N. The molecule has 0 heterocycles. The average Bonchev–Trinajstić information content (AvgIpc) is 2.91. The van der Waals surface area contributed by atoms with E-state index in [1.54, 1.807) is 68.8 Å². The molecule has 3 aromatic rings. The van der Waals surface area contributed by atoms with Gasteiger partial charge in [-0.1, -0.05) is 18.2 Å². The van der Waals surface area contributed by atoms with Crippen LogP contribution in [0.3, 0.4) is 0 Å². The van der Waals surface area contributed by atoms with Crippen LogP contribution in [0.5, 0.6) is 34.5 Å². The summed E-state index contributed by atoms with van der Waals surface area (Å²) in [5, 5.41) is 13.2. The number of benzene rings is 3. The maximum atomic E-state index is 12.6. The predicted octanol–water partition coefficient (Wildman–Crippen LogP) is 4.84. The van der Waals surface area contributed by atoms with E-state index in [4.69, 9.17) is 29.4 Å². The molecule has 0 fully saturated rings. The lowest BCUT2D eigenvalue weighted by Gasteiger charge is -2.13.